The van der Waals surface area contributed by atoms with Gasteiger partial charge in [-0.15, -0.1) is 0 Å². The molecule has 0 heterocycles. The molecule has 0 spiro atoms. The smallest absolute Gasteiger partial charge is 0.221 e. The lowest BCUT2D eigenvalue weighted by atomic mass is 10.3. The Hall–Kier alpha value is -0.680. The van der Waals surface area contributed by atoms with Crippen LogP contribution in [0.1, 0.15) is 20.3 Å². The van der Waals surface area contributed by atoms with Crippen molar-refractivity contribution in [1.82, 2.24) is 10.2 Å². The standard InChI is InChI=1S/C9H19N3OS/c1-3-11-9(13)5-6-12(4-2)7-8(10)14/h3-7H2,1-2H3,(H2,10,14)(H,11,13). The van der Waals surface area contributed by atoms with Gasteiger partial charge in [0.05, 0.1) is 4.99 Å². The number of likely N-dealkylation sites (N-methyl/N-ethyl adjacent to an activating group) is 1. The van der Waals surface area contributed by atoms with Crippen molar-refractivity contribution in [3.8, 4) is 0 Å². The molecule has 0 bridgehead atoms. The fourth-order valence-corrected chi connectivity index (χ4v) is 1.30. The molecule has 5 heteroatoms. The van der Waals surface area contributed by atoms with Crippen LogP contribution in [-0.4, -0.2) is 42.0 Å². The molecular weight excluding hydrogens is 198 g/mol. The van der Waals surface area contributed by atoms with Gasteiger partial charge in [-0.1, -0.05) is 19.1 Å². The highest BCUT2D eigenvalue weighted by atomic mass is 32.1. The van der Waals surface area contributed by atoms with Gasteiger partial charge in [0, 0.05) is 26.1 Å². The molecule has 0 saturated heterocycles. The lowest BCUT2D eigenvalue weighted by Crippen LogP contribution is -2.35. The van der Waals surface area contributed by atoms with Crippen molar-refractivity contribution < 1.29 is 4.79 Å². The molecule has 1 amide bonds. The van der Waals surface area contributed by atoms with Crippen LogP contribution in [0.25, 0.3) is 0 Å². The zero-order chi connectivity index (χ0) is 11.0. The first-order valence-electron chi connectivity index (χ1n) is 4.87. The summed E-state index contributed by atoms with van der Waals surface area (Å²) in [6.45, 7) is 6.77. The first-order chi connectivity index (χ1) is 6.60. The first kappa shape index (κ1) is 13.3. The van der Waals surface area contributed by atoms with E-state index in [1.807, 2.05) is 13.8 Å². The number of nitrogens with two attached hydrogens (primary N) is 1. The fraction of sp³-hybridized carbons (Fsp3) is 0.778. The fourth-order valence-electron chi connectivity index (χ4n) is 1.11. The number of hydrogen-bond acceptors (Lipinski definition) is 3. The maximum atomic E-state index is 11.1. The average Bonchev–Trinajstić information content (AvgIpc) is 2.12. The van der Waals surface area contributed by atoms with Gasteiger partial charge in [-0.05, 0) is 13.5 Å². The van der Waals surface area contributed by atoms with Crippen molar-refractivity contribution in [3.05, 3.63) is 0 Å². The number of nitrogens with one attached hydrogen (secondary N) is 1. The Morgan fingerprint density at radius 1 is 1.50 bits per heavy atom. The molecule has 0 aromatic heterocycles. The molecule has 0 aromatic carbocycles. The van der Waals surface area contributed by atoms with Gasteiger partial charge in [0.15, 0.2) is 0 Å². The van der Waals surface area contributed by atoms with Crippen molar-refractivity contribution in [2.75, 3.05) is 26.2 Å². The number of hydrogen-bond donors (Lipinski definition) is 2. The van der Waals surface area contributed by atoms with Crippen LogP contribution >= 0.6 is 12.2 Å². The summed E-state index contributed by atoms with van der Waals surface area (Å²) in [5, 5.41) is 2.75. The van der Waals surface area contributed by atoms with E-state index in [1.165, 1.54) is 0 Å². The van der Waals surface area contributed by atoms with E-state index in [9.17, 15) is 4.79 Å². The minimum atomic E-state index is 0.0777. The molecule has 0 saturated carbocycles. The number of amides is 1. The van der Waals surface area contributed by atoms with Crippen molar-refractivity contribution in [3.63, 3.8) is 0 Å². The van der Waals surface area contributed by atoms with E-state index >= 15 is 0 Å². The highest BCUT2D eigenvalue weighted by Gasteiger charge is 2.06. The van der Waals surface area contributed by atoms with Gasteiger partial charge >= 0.3 is 0 Å². The summed E-state index contributed by atoms with van der Waals surface area (Å²) in [7, 11) is 0. The third-order valence-corrected chi connectivity index (χ3v) is 1.98. The molecule has 0 aliphatic rings. The second-order valence-corrected chi connectivity index (χ2v) is 3.56. The normalized spacial score (nSPS) is 10.2. The van der Waals surface area contributed by atoms with Crippen LogP contribution in [-0.2, 0) is 4.79 Å². The Morgan fingerprint density at radius 3 is 2.57 bits per heavy atom. The van der Waals surface area contributed by atoms with Crippen molar-refractivity contribution in [2.24, 2.45) is 5.73 Å². The molecule has 0 aromatic rings. The zero-order valence-corrected chi connectivity index (χ0v) is 9.69. The van der Waals surface area contributed by atoms with Gasteiger partial charge in [0.25, 0.3) is 0 Å². The molecule has 4 nitrogen and oxygen atoms in total. The number of nitrogens with zero attached hydrogens (tertiary/aromatic N) is 1. The van der Waals surface area contributed by atoms with Crippen molar-refractivity contribution in [1.29, 1.82) is 0 Å². The van der Waals surface area contributed by atoms with Gasteiger partial charge in [-0.3, -0.25) is 9.69 Å². The van der Waals surface area contributed by atoms with Crippen molar-refractivity contribution >= 4 is 23.1 Å². The summed E-state index contributed by atoms with van der Waals surface area (Å²) >= 11 is 4.80. The summed E-state index contributed by atoms with van der Waals surface area (Å²) in [6.07, 6.45) is 0.504. The second kappa shape index (κ2) is 7.70. The molecule has 0 rings (SSSR count). The summed E-state index contributed by atoms with van der Waals surface area (Å²) in [4.78, 5) is 13.7. The average molecular weight is 217 g/mol. The van der Waals surface area contributed by atoms with Crippen LogP contribution in [0.15, 0.2) is 0 Å². The summed E-state index contributed by atoms with van der Waals surface area (Å²) < 4.78 is 0. The molecule has 0 fully saturated rings. The van der Waals surface area contributed by atoms with Crippen molar-refractivity contribution in [2.45, 2.75) is 20.3 Å². The SMILES string of the molecule is CCNC(=O)CCN(CC)CC(N)=S. The van der Waals surface area contributed by atoms with Gasteiger partial charge in [0.2, 0.25) is 5.91 Å². The molecule has 0 atom stereocenters. The van der Waals surface area contributed by atoms with Crippen LogP contribution in [0.3, 0.4) is 0 Å². The maximum Gasteiger partial charge on any atom is 0.221 e. The predicted molar refractivity (Wildman–Crippen MR) is 62.2 cm³/mol. The van der Waals surface area contributed by atoms with E-state index in [1.54, 1.807) is 0 Å². The molecule has 0 unspecified atom stereocenters. The number of thiocarbonyl (C=S) groups is 1. The summed E-state index contributed by atoms with van der Waals surface area (Å²) in [6, 6.07) is 0. The lowest BCUT2D eigenvalue weighted by Gasteiger charge is -2.18. The minimum Gasteiger partial charge on any atom is -0.392 e. The lowest BCUT2D eigenvalue weighted by molar-refractivity contribution is -0.121. The molecule has 14 heavy (non-hydrogen) atoms. The van der Waals surface area contributed by atoms with E-state index in [2.05, 4.69) is 10.2 Å². The highest BCUT2D eigenvalue weighted by Crippen LogP contribution is 1.91. The van der Waals surface area contributed by atoms with E-state index < -0.39 is 0 Å². The van der Waals surface area contributed by atoms with E-state index in [4.69, 9.17) is 18.0 Å². The third-order valence-electron chi connectivity index (χ3n) is 1.86. The Morgan fingerprint density at radius 2 is 2.14 bits per heavy atom. The molecule has 82 valence electrons. The Kier molecular flexibility index (Phi) is 7.32. The van der Waals surface area contributed by atoms with Crippen LogP contribution in [0, 0.1) is 0 Å². The van der Waals surface area contributed by atoms with E-state index in [-0.39, 0.29) is 5.91 Å². The Balaban J connectivity index is 3.71. The van der Waals surface area contributed by atoms with Crippen LogP contribution in [0.4, 0.5) is 0 Å². The molecule has 3 N–H and O–H groups in total. The molecular formula is C9H19N3OS. The predicted octanol–water partition coefficient (Wildman–Crippen LogP) is 0.121. The number of rotatable bonds is 7. The second-order valence-electron chi connectivity index (χ2n) is 3.04. The number of carbonyl (C=O) groups excluding carboxylic acids is 1. The monoisotopic (exact) mass is 217 g/mol. The maximum absolute atomic E-state index is 11.1. The molecule has 0 radical (unpaired) electrons. The first-order valence-corrected chi connectivity index (χ1v) is 5.28. The van der Waals surface area contributed by atoms with Gasteiger partial charge < -0.3 is 11.1 Å². The topological polar surface area (TPSA) is 58.4 Å². The molecule has 0 aliphatic carbocycles. The van der Waals surface area contributed by atoms with Gasteiger partial charge in [-0.2, -0.15) is 0 Å². The van der Waals surface area contributed by atoms with Crippen LogP contribution in [0.5, 0.6) is 0 Å². The van der Waals surface area contributed by atoms with E-state index in [0.29, 0.717) is 31.0 Å². The summed E-state index contributed by atoms with van der Waals surface area (Å²) in [5.74, 6) is 0.0777. The Labute approximate surface area is 90.8 Å². The van der Waals surface area contributed by atoms with E-state index in [0.717, 1.165) is 6.54 Å². The minimum absolute atomic E-state index is 0.0777. The Bertz CT molecular complexity index is 196. The number of carbonyl (C=O) groups is 1. The summed E-state index contributed by atoms with van der Waals surface area (Å²) in [5.41, 5.74) is 5.42. The third kappa shape index (κ3) is 6.80. The largest absolute Gasteiger partial charge is 0.392 e. The van der Waals surface area contributed by atoms with Crippen LogP contribution < -0.4 is 11.1 Å². The quantitative estimate of drug-likeness (QED) is 0.595. The zero-order valence-electron chi connectivity index (χ0n) is 8.88. The van der Waals surface area contributed by atoms with Crippen LogP contribution in [0.2, 0.25) is 0 Å². The molecule has 0 aliphatic heterocycles. The van der Waals surface area contributed by atoms with Gasteiger partial charge in [0.1, 0.15) is 0 Å². The van der Waals surface area contributed by atoms with Gasteiger partial charge in [-0.25, -0.2) is 0 Å². The highest BCUT2D eigenvalue weighted by molar-refractivity contribution is 7.80.